The molecule has 0 saturated heterocycles. The van der Waals surface area contributed by atoms with Gasteiger partial charge in [-0.2, -0.15) is 0 Å². The first-order valence-electron chi connectivity index (χ1n) is 17.3. The Balaban J connectivity index is 1.92. The first-order chi connectivity index (χ1) is 22.1. The number of carbonyl (C=O) groups excluding carboxylic acids is 2. The monoisotopic (exact) mass is 636 g/mol. The Hall–Kier alpha value is -3.72. The minimum Gasteiger partial charge on any atom is -0.462 e. The molecule has 2 aliphatic rings. The van der Waals surface area contributed by atoms with E-state index in [0.717, 1.165) is 42.4 Å². The van der Waals surface area contributed by atoms with E-state index in [9.17, 15) is 9.59 Å². The highest BCUT2D eigenvalue weighted by Crippen LogP contribution is 2.42. The summed E-state index contributed by atoms with van der Waals surface area (Å²) in [5, 5.41) is 0. The van der Waals surface area contributed by atoms with Gasteiger partial charge in [-0.05, 0) is 88.4 Å². The van der Waals surface area contributed by atoms with Crippen LogP contribution in [0.4, 0.5) is 0 Å². The molecule has 1 atom stereocenters. The van der Waals surface area contributed by atoms with E-state index < -0.39 is 0 Å². The Bertz CT molecular complexity index is 1480. The summed E-state index contributed by atoms with van der Waals surface area (Å²) in [6.07, 6.45) is 34.1. The van der Waals surface area contributed by atoms with Crippen molar-refractivity contribution in [1.82, 2.24) is 0 Å². The maximum absolute atomic E-state index is 12.2. The molecule has 0 aromatic rings. The third kappa shape index (κ3) is 13.5. The average Bonchev–Trinajstić information content (AvgIpc) is 2.96. The summed E-state index contributed by atoms with van der Waals surface area (Å²) in [5.41, 5.74) is 9.36. The lowest BCUT2D eigenvalue weighted by Gasteiger charge is -2.37. The molecular weight excluding hydrogens is 576 g/mol. The van der Waals surface area contributed by atoms with E-state index in [-0.39, 0.29) is 28.7 Å². The molecule has 2 rings (SSSR count). The molecule has 3 nitrogen and oxygen atoms in total. The van der Waals surface area contributed by atoms with E-state index in [0.29, 0.717) is 12.8 Å². The number of esters is 1. The van der Waals surface area contributed by atoms with Gasteiger partial charge in [-0.15, -0.1) is 0 Å². The molecular formula is C44H60O3. The minimum atomic E-state index is -0.0824. The van der Waals surface area contributed by atoms with Gasteiger partial charge in [-0.1, -0.05) is 148 Å². The molecule has 0 N–H and O–H groups in total. The predicted octanol–water partition coefficient (Wildman–Crippen LogP) is 12.1. The Morgan fingerprint density at radius 1 is 0.745 bits per heavy atom. The normalized spacial score (nSPS) is 21.9. The Kier molecular flexibility index (Phi) is 15.6. The lowest BCUT2D eigenvalue weighted by atomic mass is 9.71. The SMILES string of the molecule is CCCC(=O)OC1CC(C)=C(/C=C/C(C)=C/C=C/C(C)=C/C=C/C=C(C)/C=C/C=C(C)/C=C/C2=C(C)C(=O)CCC2(C)C)C(C)(C)C1. The summed E-state index contributed by atoms with van der Waals surface area (Å²) in [6, 6.07) is 0. The van der Waals surface area contributed by atoms with Crippen LogP contribution in [0.2, 0.25) is 0 Å². The standard InChI is InChI=1S/C44H60O3/c1-12-17-42(46)47-38-30-36(6)39(44(10,11)31-38)26-24-34(4)22-15-20-32(2)18-13-14-19-33(3)21-16-23-35(5)25-27-40-37(7)41(45)28-29-43(40,8)9/h13-16,18-27,38H,12,17,28-31H2,1-11H3/b14-13+,20-15+,21-16+,26-24+,27-25+,32-18+,33-19+,34-22+,35-23+. The second-order valence-electron chi connectivity index (χ2n) is 14.6. The van der Waals surface area contributed by atoms with Gasteiger partial charge in [-0.3, -0.25) is 9.59 Å². The molecule has 0 heterocycles. The molecule has 3 heteroatoms. The third-order valence-corrected chi connectivity index (χ3v) is 9.03. The molecule has 0 saturated carbocycles. The van der Waals surface area contributed by atoms with Gasteiger partial charge in [0.1, 0.15) is 6.10 Å². The van der Waals surface area contributed by atoms with E-state index in [4.69, 9.17) is 4.74 Å². The first-order valence-corrected chi connectivity index (χ1v) is 17.3. The van der Waals surface area contributed by atoms with Crippen LogP contribution in [0.3, 0.4) is 0 Å². The number of ether oxygens (including phenoxy) is 1. The van der Waals surface area contributed by atoms with Crippen LogP contribution in [0.1, 0.15) is 115 Å². The van der Waals surface area contributed by atoms with Crippen molar-refractivity contribution in [1.29, 1.82) is 0 Å². The molecule has 47 heavy (non-hydrogen) atoms. The maximum Gasteiger partial charge on any atom is 0.306 e. The number of allylic oxidation sites excluding steroid dienone is 21. The smallest absolute Gasteiger partial charge is 0.306 e. The van der Waals surface area contributed by atoms with Crippen LogP contribution in [0.25, 0.3) is 0 Å². The number of carbonyl (C=O) groups is 2. The molecule has 0 radical (unpaired) electrons. The van der Waals surface area contributed by atoms with Crippen molar-refractivity contribution in [2.45, 2.75) is 121 Å². The maximum atomic E-state index is 12.2. The highest BCUT2D eigenvalue weighted by Gasteiger charge is 2.34. The zero-order chi connectivity index (χ0) is 35.2. The van der Waals surface area contributed by atoms with Crippen molar-refractivity contribution in [3.63, 3.8) is 0 Å². The fourth-order valence-corrected chi connectivity index (χ4v) is 6.21. The van der Waals surface area contributed by atoms with E-state index in [2.05, 4.69) is 147 Å². The van der Waals surface area contributed by atoms with Crippen molar-refractivity contribution in [2.75, 3.05) is 0 Å². The zero-order valence-corrected chi connectivity index (χ0v) is 31.1. The van der Waals surface area contributed by atoms with E-state index in [1.54, 1.807) is 0 Å². The van der Waals surface area contributed by atoms with Crippen molar-refractivity contribution in [3.05, 3.63) is 130 Å². The van der Waals surface area contributed by atoms with Gasteiger partial charge in [0.05, 0.1) is 0 Å². The number of Topliss-reactive ketones (excluding diaryl/α,β-unsaturated/α-hetero) is 1. The van der Waals surface area contributed by atoms with Gasteiger partial charge >= 0.3 is 5.97 Å². The van der Waals surface area contributed by atoms with Gasteiger partial charge in [0.15, 0.2) is 5.78 Å². The van der Waals surface area contributed by atoms with Gasteiger partial charge < -0.3 is 4.74 Å². The van der Waals surface area contributed by atoms with Crippen LogP contribution >= 0.6 is 0 Å². The molecule has 0 aliphatic heterocycles. The largest absolute Gasteiger partial charge is 0.462 e. The van der Waals surface area contributed by atoms with Gasteiger partial charge in [0.2, 0.25) is 0 Å². The molecule has 254 valence electrons. The molecule has 0 spiro atoms. The van der Waals surface area contributed by atoms with Crippen molar-refractivity contribution < 1.29 is 14.3 Å². The van der Waals surface area contributed by atoms with E-state index >= 15 is 0 Å². The topological polar surface area (TPSA) is 43.4 Å². The molecule has 0 aromatic carbocycles. The second kappa shape index (κ2) is 18.6. The van der Waals surface area contributed by atoms with Crippen molar-refractivity contribution in [3.8, 4) is 0 Å². The zero-order valence-electron chi connectivity index (χ0n) is 31.1. The third-order valence-electron chi connectivity index (χ3n) is 9.03. The highest BCUT2D eigenvalue weighted by molar-refractivity contribution is 5.97. The van der Waals surface area contributed by atoms with Crippen LogP contribution < -0.4 is 0 Å². The molecule has 0 aromatic heterocycles. The summed E-state index contributed by atoms with van der Waals surface area (Å²) < 4.78 is 5.74. The summed E-state index contributed by atoms with van der Waals surface area (Å²) in [4.78, 5) is 24.2. The number of hydrogen-bond donors (Lipinski definition) is 0. The van der Waals surface area contributed by atoms with Crippen molar-refractivity contribution >= 4 is 11.8 Å². The Morgan fingerprint density at radius 3 is 1.74 bits per heavy atom. The fourth-order valence-electron chi connectivity index (χ4n) is 6.21. The van der Waals surface area contributed by atoms with E-state index in [1.807, 2.05) is 13.8 Å². The van der Waals surface area contributed by atoms with Crippen LogP contribution in [-0.4, -0.2) is 17.9 Å². The van der Waals surface area contributed by atoms with Crippen LogP contribution in [-0.2, 0) is 14.3 Å². The Morgan fingerprint density at radius 2 is 1.23 bits per heavy atom. The van der Waals surface area contributed by atoms with E-state index in [1.165, 1.54) is 27.9 Å². The number of rotatable bonds is 13. The van der Waals surface area contributed by atoms with Crippen LogP contribution in [0.15, 0.2) is 130 Å². The fraction of sp³-hybridized carbons (Fsp3) is 0.455. The molecule has 2 aliphatic carbocycles. The molecule has 0 fully saturated rings. The van der Waals surface area contributed by atoms with Gasteiger partial charge in [0, 0.05) is 19.3 Å². The van der Waals surface area contributed by atoms with Gasteiger partial charge in [0.25, 0.3) is 0 Å². The van der Waals surface area contributed by atoms with Crippen LogP contribution in [0, 0.1) is 10.8 Å². The molecule has 0 amide bonds. The molecule has 0 bridgehead atoms. The predicted molar refractivity (Wildman–Crippen MR) is 202 cm³/mol. The minimum absolute atomic E-state index is 0.0309. The average molecular weight is 637 g/mol. The highest BCUT2D eigenvalue weighted by atomic mass is 16.5. The van der Waals surface area contributed by atoms with Gasteiger partial charge in [-0.25, -0.2) is 0 Å². The molecule has 1 unspecified atom stereocenters. The summed E-state index contributed by atoms with van der Waals surface area (Å²) >= 11 is 0. The number of hydrogen-bond acceptors (Lipinski definition) is 3. The quantitative estimate of drug-likeness (QED) is 0.149. The second-order valence-corrected chi connectivity index (χ2v) is 14.6. The Labute approximate surface area is 286 Å². The number of ketones is 1. The van der Waals surface area contributed by atoms with Crippen LogP contribution in [0.5, 0.6) is 0 Å². The summed E-state index contributed by atoms with van der Waals surface area (Å²) in [6.45, 7) is 23.4. The van der Waals surface area contributed by atoms with Crippen molar-refractivity contribution in [2.24, 2.45) is 10.8 Å². The lowest BCUT2D eigenvalue weighted by Crippen LogP contribution is -2.31. The summed E-state index contributed by atoms with van der Waals surface area (Å²) in [5.74, 6) is 0.188. The lowest BCUT2D eigenvalue weighted by molar-refractivity contribution is -0.150. The first kappa shape index (κ1) is 39.5. The summed E-state index contributed by atoms with van der Waals surface area (Å²) in [7, 11) is 0.